The summed E-state index contributed by atoms with van der Waals surface area (Å²) in [5, 5.41) is 2.39. The molecule has 0 bridgehead atoms. The summed E-state index contributed by atoms with van der Waals surface area (Å²) in [6.07, 6.45) is -1.08. The largest absolute Gasteiger partial charge is 0.496 e. The lowest BCUT2D eigenvalue weighted by Crippen LogP contribution is -2.30. The van der Waals surface area contributed by atoms with E-state index in [9.17, 15) is 14.0 Å². The average molecular weight is 410 g/mol. The third-order valence-electron chi connectivity index (χ3n) is 3.82. The van der Waals surface area contributed by atoms with Gasteiger partial charge in [-0.15, -0.1) is 0 Å². The van der Waals surface area contributed by atoms with Gasteiger partial charge in [-0.05, 0) is 50.2 Å². The van der Waals surface area contributed by atoms with E-state index in [0.717, 1.165) is 6.07 Å². The second kappa shape index (κ2) is 10.1. The van der Waals surface area contributed by atoms with Gasteiger partial charge in [-0.2, -0.15) is 0 Å². The molecule has 0 aliphatic rings. The highest BCUT2D eigenvalue weighted by molar-refractivity contribution is 6.31. The summed E-state index contributed by atoms with van der Waals surface area (Å²) in [5.74, 6) is -1.25. The molecule has 2 rings (SSSR count). The molecule has 1 amide bonds. The van der Waals surface area contributed by atoms with Crippen LogP contribution in [0.2, 0.25) is 5.02 Å². The van der Waals surface area contributed by atoms with Crippen molar-refractivity contribution < 1.29 is 28.2 Å². The van der Waals surface area contributed by atoms with Gasteiger partial charge in [0, 0.05) is 17.9 Å². The first-order valence-electron chi connectivity index (χ1n) is 8.57. The van der Waals surface area contributed by atoms with Crippen molar-refractivity contribution in [2.75, 3.05) is 19.0 Å². The number of methoxy groups -OCH3 is 1. The van der Waals surface area contributed by atoms with Gasteiger partial charge in [0.05, 0.1) is 24.3 Å². The number of benzene rings is 2. The molecule has 0 heterocycles. The number of amides is 1. The lowest BCUT2D eigenvalue weighted by atomic mass is 10.1. The third kappa shape index (κ3) is 5.68. The number of ether oxygens (including phenoxy) is 3. The highest BCUT2D eigenvalue weighted by atomic mass is 35.5. The Morgan fingerprint density at radius 3 is 2.61 bits per heavy atom. The maximum Gasteiger partial charge on any atom is 0.338 e. The summed E-state index contributed by atoms with van der Waals surface area (Å²) >= 11 is 5.68. The van der Waals surface area contributed by atoms with Gasteiger partial charge in [-0.25, -0.2) is 9.18 Å². The van der Waals surface area contributed by atoms with Crippen molar-refractivity contribution in [3.63, 3.8) is 0 Å². The zero-order chi connectivity index (χ0) is 20.7. The van der Waals surface area contributed by atoms with E-state index in [1.54, 1.807) is 18.2 Å². The molecule has 0 saturated carbocycles. The van der Waals surface area contributed by atoms with Gasteiger partial charge in [-0.3, -0.25) is 4.79 Å². The van der Waals surface area contributed by atoms with Crippen molar-refractivity contribution in [3.05, 3.63) is 58.4 Å². The second-order valence-corrected chi connectivity index (χ2v) is 6.24. The van der Waals surface area contributed by atoms with Gasteiger partial charge in [0.2, 0.25) is 0 Å². The van der Waals surface area contributed by atoms with Crippen LogP contribution in [0.25, 0.3) is 0 Å². The molecule has 0 unspecified atom stereocenters. The molecule has 28 heavy (non-hydrogen) atoms. The number of halogens is 2. The maximum absolute atomic E-state index is 13.2. The smallest absolute Gasteiger partial charge is 0.338 e. The number of esters is 1. The van der Waals surface area contributed by atoms with Crippen molar-refractivity contribution in [1.29, 1.82) is 0 Å². The zero-order valence-electron chi connectivity index (χ0n) is 15.8. The Morgan fingerprint density at radius 1 is 1.21 bits per heavy atom. The van der Waals surface area contributed by atoms with Crippen molar-refractivity contribution >= 4 is 29.2 Å². The highest BCUT2D eigenvalue weighted by Crippen LogP contribution is 2.22. The first kappa shape index (κ1) is 21.7. The molecule has 0 fully saturated rings. The summed E-state index contributed by atoms with van der Waals surface area (Å²) in [5.41, 5.74) is 1.25. The number of hydrogen-bond acceptors (Lipinski definition) is 5. The number of carbonyl (C=O) groups excluding carboxylic acids is 2. The average Bonchev–Trinajstić information content (AvgIpc) is 2.68. The number of rotatable bonds is 8. The van der Waals surface area contributed by atoms with Crippen LogP contribution >= 0.6 is 11.6 Å². The van der Waals surface area contributed by atoms with Crippen LogP contribution in [0.1, 0.15) is 29.8 Å². The lowest BCUT2D eigenvalue weighted by molar-refractivity contribution is -0.123. The van der Waals surface area contributed by atoms with E-state index in [1.807, 2.05) is 6.92 Å². The minimum Gasteiger partial charge on any atom is -0.496 e. The first-order valence-corrected chi connectivity index (χ1v) is 8.95. The monoisotopic (exact) mass is 409 g/mol. The number of hydrogen-bond donors (Lipinski definition) is 1. The van der Waals surface area contributed by atoms with Crippen LogP contribution < -0.4 is 10.1 Å². The van der Waals surface area contributed by atoms with Crippen LogP contribution in [0, 0.1) is 5.82 Å². The van der Waals surface area contributed by atoms with Crippen molar-refractivity contribution in [2.45, 2.75) is 26.6 Å². The normalized spacial score (nSPS) is 11.6. The van der Waals surface area contributed by atoms with Crippen LogP contribution in [-0.2, 0) is 20.9 Å². The molecule has 0 aliphatic heterocycles. The summed E-state index contributed by atoms with van der Waals surface area (Å²) in [6, 6.07) is 8.54. The maximum atomic E-state index is 13.2. The molecule has 1 N–H and O–H groups in total. The second-order valence-electron chi connectivity index (χ2n) is 5.83. The van der Waals surface area contributed by atoms with Crippen LogP contribution in [0.15, 0.2) is 36.4 Å². The third-order valence-corrected chi connectivity index (χ3v) is 4.11. The van der Waals surface area contributed by atoms with Crippen molar-refractivity contribution in [2.24, 2.45) is 0 Å². The zero-order valence-corrected chi connectivity index (χ0v) is 16.5. The lowest BCUT2D eigenvalue weighted by Gasteiger charge is -2.15. The number of carbonyl (C=O) groups is 2. The SMILES string of the molecule is CCOCc1cc(C(=O)O[C@H](C)C(=O)Nc2ccc(F)c(Cl)c2)ccc1OC. The minimum atomic E-state index is -1.08. The number of nitrogens with one attached hydrogen (secondary N) is 1. The summed E-state index contributed by atoms with van der Waals surface area (Å²) in [4.78, 5) is 24.6. The Balaban J connectivity index is 2.04. The number of anilines is 1. The van der Waals surface area contributed by atoms with Gasteiger partial charge in [-0.1, -0.05) is 11.6 Å². The molecule has 2 aromatic carbocycles. The van der Waals surface area contributed by atoms with Crippen LogP contribution in [-0.4, -0.2) is 31.7 Å². The molecular formula is C20H21ClFNO5. The van der Waals surface area contributed by atoms with E-state index in [0.29, 0.717) is 23.6 Å². The molecule has 0 saturated heterocycles. The fourth-order valence-corrected chi connectivity index (χ4v) is 2.51. The van der Waals surface area contributed by atoms with Crippen molar-refractivity contribution in [3.8, 4) is 5.75 Å². The van der Waals surface area contributed by atoms with Gasteiger partial charge in [0.25, 0.3) is 5.91 Å². The molecule has 150 valence electrons. The molecule has 2 aromatic rings. The Labute approximate surface area is 167 Å². The van der Waals surface area contributed by atoms with Gasteiger partial charge < -0.3 is 19.5 Å². The molecule has 8 heteroatoms. The molecule has 0 radical (unpaired) electrons. The molecule has 0 aliphatic carbocycles. The summed E-state index contributed by atoms with van der Waals surface area (Å²) in [6.45, 7) is 4.09. The van der Waals surface area contributed by atoms with E-state index in [-0.39, 0.29) is 17.2 Å². The fraction of sp³-hybridized carbons (Fsp3) is 0.300. The highest BCUT2D eigenvalue weighted by Gasteiger charge is 2.20. The van der Waals surface area contributed by atoms with Gasteiger partial charge >= 0.3 is 5.97 Å². The Kier molecular flexibility index (Phi) is 7.78. The van der Waals surface area contributed by atoms with Crippen molar-refractivity contribution in [1.82, 2.24) is 0 Å². The minimum absolute atomic E-state index is 0.123. The molecule has 6 nitrogen and oxygen atoms in total. The summed E-state index contributed by atoms with van der Waals surface area (Å²) in [7, 11) is 1.52. The Hall–Kier alpha value is -2.64. The van der Waals surface area contributed by atoms with Crippen LogP contribution in [0.3, 0.4) is 0 Å². The Morgan fingerprint density at radius 2 is 1.96 bits per heavy atom. The topological polar surface area (TPSA) is 73.9 Å². The van der Waals surface area contributed by atoms with Gasteiger partial charge in [0.1, 0.15) is 11.6 Å². The van der Waals surface area contributed by atoms with Gasteiger partial charge in [0.15, 0.2) is 6.10 Å². The van der Waals surface area contributed by atoms with E-state index >= 15 is 0 Å². The molecule has 0 aromatic heterocycles. The molecular weight excluding hydrogens is 389 g/mol. The molecule has 1 atom stereocenters. The first-order chi connectivity index (χ1) is 13.3. The predicted octanol–water partition coefficient (Wildman–Crippen LogP) is 4.21. The fourth-order valence-electron chi connectivity index (χ4n) is 2.33. The predicted molar refractivity (Wildman–Crippen MR) is 103 cm³/mol. The molecule has 0 spiro atoms. The van der Waals surface area contributed by atoms with E-state index in [4.69, 9.17) is 25.8 Å². The van der Waals surface area contributed by atoms with Crippen LogP contribution in [0.5, 0.6) is 5.75 Å². The standard InChI is InChI=1S/C20H21ClFNO5/c1-4-27-11-14-9-13(5-8-18(14)26-3)20(25)28-12(2)19(24)23-15-6-7-17(22)16(21)10-15/h5-10,12H,4,11H2,1-3H3,(H,23,24)/t12-/m1/s1. The van der Waals surface area contributed by atoms with E-state index in [2.05, 4.69) is 5.32 Å². The van der Waals surface area contributed by atoms with E-state index < -0.39 is 23.8 Å². The van der Waals surface area contributed by atoms with Crippen LogP contribution in [0.4, 0.5) is 10.1 Å². The summed E-state index contributed by atoms with van der Waals surface area (Å²) < 4.78 is 29.0. The van der Waals surface area contributed by atoms with E-state index in [1.165, 1.54) is 26.2 Å². The Bertz CT molecular complexity index is 858. The quantitative estimate of drug-likeness (QED) is 0.661.